The van der Waals surface area contributed by atoms with Crippen LogP contribution in [-0.4, -0.2) is 14.3 Å². The largest absolute Gasteiger partial charge is 0.469 e. The average Bonchev–Trinajstić information content (AvgIpc) is 3.02. The summed E-state index contributed by atoms with van der Waals surface area (Å²) >= 11 is 0. The Labute approximate surface area is 158 Å². The van der Waals surface area contributed by atoms with Crippen molar-refractivity contribution in [3.05, 3.63) is 77.2 Å². The molecule has 6 nitrogen and oxygen atoms in total. The number of anilines is 2. The van der Waals surface area contributed by atoms with Crippen LogP contribution in [0.5, 0.6) is 0 Å². The molecule has 0 atom stereocenters. The van der Waals surface area contributed by atoms with Gasteiger partial charge in [-0.05, 0) is 62.2 Å². The molecule has 0 saturated carbocycles. The molecule has 0 bridgehead atoms. The second-order valence-electron chi connectivity index (χ2n) is 6.30. The monoisotopic (exact) mass is 384 g/mol. The number of rotatable bonds is 5. The summed E-state index contributed by atoms with van der Waals surface area (Å²) in [6, 6.07) is 13.4. The smallest absolute Gasteiger partial charge is 0.262 e. The topological polar surface area (TPSA) is 88.4 Å². The van der Waals surface area contributed by atoms with E-state index in [2.05, 4.69) is 10.0 Å². The SMILES string of the molecule is Cc1cccc(NS(=O)(=O)c2cc(NC(=O)c3ccoc3C)ccc2C)c1. The van der Waals surface area contributed by atoms with Crippen molar-refractivity contribution in [2.24, 2.45) is 0 Å². The van der Waals surface area contributed by atoms with Crippen LogP contribution >= 0.6 is 0 Å². The van der Waals surface area contributed by atoms with Crippen molar-refractivity contribution in [1.29, 1.82) is 0 Å². The molecule has 3 rings (SSSR count). The van der Waals surface area contributed by atoms with Gasteiger partial charge in [-0.15, -0.1) is 0 Å². The lowest BCUT2D eigenvalue weighted by Gasteiger charge is -2.13. The second kappa shape index (κ2) is 7.28. The van der Waals surface area contributed by atoms with Gasteiger partial charge in [0, 0.05) is 11.4 Å². The Hall–Kier alpha value is -3.06. The van der Waals surface area contributed by atoms with Crippen LogP contribution in [0.15, 0.2) is 64.1 Å². The number of sulfonamides is 1. The van der Waals surface area contributed by atoms with Gasteiger partial charge in [0.2, 0.25) is 0 Å². The molecule has 1 amide bonds. The van der Waals surface area contributed by atoms with Crippen LogP contribution in [-0.2, 0) is 10.0 Å². The van der Waals surface area contributed by atoms with Crippen molar-refractivity contribution in [2.45, 2.75) is 25.7 Å². The van der Waals surface area contributed by atoms with E-state index in [0.29, 0.717) is 28.3 Å². The summed E-state index contributed by atoms with van der Waals surface area (Å²) in [5, 5.41) is 2.71. The molecule has 27 heavy (non-hydrogen) atoms. The van der Waals surface area contributed by atoms with Gasteiger partial charge in [0.05, 0.1) is 16.7 Å². The van der Waals surface area contributed by atoms with Gasteiger partial charge >= 0.3 is 0 Å². The Kier molecular flexibility index (Phi) is 5.05. The standard InChI is InChI=1S/C20H20N2O4S/c1-13-5-4-6-17(11-13)22-27(24,25)19-12-16(8-7-14(19)2)21-20(23)18-9-10-26-15(18)3/h4-12,22H,1-3H3,(H,21,23). The van der Waals surface area contributed by atoms with Crippen LogP contribution in [0.3, 0.4) is 0 Å². The summed E-state index contributed by atoms with van der Waals surface area (Å²) in [6.45, 7) is 5.28. The lowest BCUT2D eigenvalue weighted by Crippen LogP contribution is -2.16. The predicted molar refractivity (Wildman–Crippen MR) is 105 cm³/mol. The molecule has 140 valence electrons. The third-order valence-corrected chi connectivity index (χ3v) is 5.63. The molecule has 0 fully saturated rings. The average molecular weight is 384 g/mol. The Morgan fingerprint density at radius 3 is 2.41 bits per heavy atom. The third-order valence-electron chi connectivity index (χ3n) is 4.11. The highest BCUT2D eigenvalue weighted by molar-refractivity contribution is 7.92. The zero-order valence-electron chi connectivity index (χ0n) is 15.2. The summed E-state index contributed by atoms with van der Waals surface area (Å²) in [4.78, 5) is 12.4. The number of benzene rings is 2. The Morgan fingerprint density at radius 2 is 1.74 bits per heavy atom. The van der Waals surface area contributed by atoms with Gasteiger partial charge in [0.1, 0.15) is 5.76 Å². The molecule has 0 unspecified atom stereocenters. The van der Waals surface area contributed by atoms with Gasteiger partial charge < -0.3 is 9.73 Å². The maximum Gasteiger partial charge on any atom is 0.262 e. The van der Waals surface area contributed by atoms with Crippen molar-refractivity contribution in [2.75, 3.05) is 10.0 Å². The number of carbonyl (C=O) groups is 1. The van der Waals surface area contributed by atoms with E-state index in [1.807, 2.05) is 13.0 Å². The first-order valence-corrected chi connectivity index (χ1v) is 9.80. The Bertz CT molecular complexity index is 1100. The van der Waals surface area contributed by atoms with E-state index in [1.165, 1.54) is 12.3 Å². The van der Waals surface area contributed by atoms with E-state index in [-0.39, 0.29) is 10.8 Å². The highest BCUT2D eigenvalue weighted by atomic mass is 32.2. The van der Waals surface area contributed by atoms with Gasteiger partial charge in [-0.3, -0.25) is 9.52 Å². The number of amides is 1. The summed E-state index contributed by atoms with van der Waals surface area (Å²) in [6.07, 6.45) is 1.43. The number of carbonyl (C=O) groups excluding carboxylic acids is 1. The zero-order valence-corrected chi connectivity index (χ0v) is 16.1. The van der Waals surface area contributed by atoms with E-state index in [0.717, 1.165) is 5.56 Å². The third kappa shape index (κ3) is 4.20. The molecule has 0 aliphatic heterocycles. The zero-order chi connectivity index (χ0) is 19.6. The predicted octanol–water partition coefficient (Wildman–Crippen LogP) is 4.26. The van der Waals surface area contributed by atoms with Crippen molar-refractivity contribution in [3.63, 3.8) is 0 Å². The minimum atomic E-state index is -3.80. The molecule has 3 aromatic rings. The number of hydrogen-bond acceptors (Lipinski definition) is 4. The van der Waals surface area contributed by atoms with Gasteiger partial charge in [0.15, 0.2) is 0 Å². The van der Waals surface area contributed by atoms with Crippen LogP contribution in [0.25, 0.3) is 0 Å². The van der Waals surface area contributed by atoms with Gasteiger partial charge in [-0.25, -0.2) is 8.42 Å². The molecular weight excluding hydrogens is 364 g/mol. The molecule has 0 aliphatic carbocycles. The number of furan rings is 1. The van der Waals surface area contributed by atoms with Gasteiger partial charge in [-0.2, -0.15) is 0 Å². The highest BCUT2D eigenvalue weighted by Crippen LogP contribution is 2.24. The van der Waals surface area contributed by atoms with E-state index in [4.69, 9.17) is 4.42 Å². The molecule has 2 aromatic carbocycles. The first kappa shape index (κ1) is 18.7. The molecule has 1 aromatic heterocycles. The fraction of sp³-hybridized carbons (Fsp3) is 0.150. The maximum atomic E-state index is 12.8. The fourth-order valence-electron chi connectivity index (χ4n) is 2.70. The van der Waals surface area contributed by atoms with Crippen LogP contribution in [0, 0.1) is 20.8 Å². The van der Waals surface area contributed by atoms with Crippen LogP contribution in [0.2, 0.25) is 0 Å². The normalized spacial score (nSPS) is 11.2. The van der Waals surface area contributed by atoms with Crippen molar-refractivity contribution >= 4 is 27.3 Å². The maximum absolute atomic E-state index is 12.8. The number of aryl methyl sites for hydroxylation is 3. The van der Waals surface area contributed by atoms with Crippen LogP contribution in [0.1, 0.15) is 27.2 Å². The molecular formula is C20H20N2O4S. The molecule has 2 N–H and O–H groups in total. The first-order chi connectivity index (χ1) is 12.8. The summed E-state index contributed by atoms with van der Waals surface area (Å²) in [5.74, 6) is 0.133. The van der Waals surface area contributed by atoms with Crippen molar-refractivity contribution in [1.82, 2.24) is 0 Å². The van der Waals surface area contributed by atoms with Crippen molar-refractivity contribution in [3.8, 4) is 0 Å². The quantitative estimate of drug-likeness (QED) is 0.688. The van der Waals surface area contributed by atoms with Gasteiger partial charge in [0.25, 0.3) is 15.9 Å². The summed E-state index contributed by atoms with van der Waals surface area (Å²) in [7, 11) is -3.80. The van der Waals surface area contributed by atoms with E-state index < -0.39 is 10.0 Å². The lowest BCUT2D eigenvalue weighted by molar-refractivity contribution is 0.102. The Morgan fingerprint density at radius 1 is 0.963 bits per heavy atom. The van der Waals surface area contributed by atoms with E-state index in [9.17, 15) is 13.2 Å². The minimum absolute atomic E-state index is 0.103. The van der Waals surface area contributed by atoms with Crippen LogP contribution < -0.4 is 10.0 Å². The fourth-order valence-corrected chi connectivity index (χ4v) is 4.03. The number of hydrogen-bond donors (Lipinski definition) is 2. The minimum Gasteiger partial charge on any atom is -0.469 e. The molecule has 0 radical (unpaired) electrons. The summed E-state index contributed by atoms with van der Waals surface area (Å²) in [5.41, 5.74) is 2.79. The molecule has 0 aliphatic rings. The lowest BCUT2D eigenvalue weighted by atomic mass is 10.2. The van der Waals surface area contributed by atoms with Crippen LogP contribution in [0.4, 0.5) is 11.4 Å². The molecule has 0 saturated heterocycles. The Balaban J connectivity index is 1.88. The molecule has 0 spiro atoms. The van der Waals surface area contributed by atoms with E-state index in [1.54, 1.807) is 50.2 Å². The molecule has 7 heteroatoms. The number of nitrogens with one attached hydrogen (secondary N) is 2. The summed E-state index contributed by atoms with van der Waals surface area (Å²) < 4.78 is 33.3. The highest BCUT2D eigenvalue weighted by Gasteiger charge is 2.19. The van der Waals surface area contributed by atoms with Crippen molar-refractivity contribution < 1.29 is 17.6 Å². The second-order valence-corrected chi connectivity index (χ2v) is 7.95. The molecule has 1 heterocycles. The van der Waals surface area contributed by atoms with E-state index >= 15 is 0 Å². The van der Waals surface area contributed by atoms with Gasteiger partial charge in [-0.1, -0.05) is 18.2 Å². The first-order valence-electron chi connectivity index (χ1n) is 8.32.